The molecule has 1 atom stereocenters. The third kappa shape index (κ3) is 7.71. The average Bonchev–Trinajstić information content (AvgIpc) is 2.53. The van der Waals surface area contributed by atoms with Gasteiger partial charge in [-0.1, -0.05) is 6.08 Å². The molecule has 0 aliphatic carbocycles. The van der Waals surface area contributed by atoms with Crippen LogP contribution in [0, 0.1) is 0 Å². The summed E-state index contributed by atoms with van der Waals surface area (Å²) in [5.74, 6) is 0.601. The molecule has 0 saturated heterocycles. The second-order valence-electron chi connectivity index (χ2n) is 6.17. The number of carbonyl (C=O) groups excluding carboxylic acids is 1. The van der Waals surface area contributed by atoms with Gasteiger partial charge in [0.2, 0.25) is 6.29 Å². The average molecular weight is 349 g/mol. The first-order chi connectivity index (χ1) is 11.8. The van der Waals surface area contributed by atoms with E-state index in [1.54, 1.807) is 44.6 Å². The lowest BCUT2D eigenvalue weighted by Crippen LogP contribution is -2.27. The van der Waals surface area contributed by atoms with E-state index in [1.165, 1.54) is 0 Å². The van der Waals surface area contributed by atoms with Crippen LogP contribution in [0.15, 0.2) is 35.5 Å². The lowest BCUT2D eigenvalue weighted by molar-refractivity contribution is -0.0497. The molecule has 1 aromatic carbocycles. The zero-order valence-corrected chi connectivity index (χ0v) is 15.5. The molecular formula is C18H27N3O4. The molecule has 2 N–H and O–H groups in total. The number of benzene rings is 1. The minimum absolute atomic E-state index is 0.463. The fourth-order valence-electron chi connectivity index (χ4n) is 1.91. The van der Waals surface area contributed by atoms with Crippen molar-refractivity contribution in [3.05, 3.63) is 30.5 Å². The van der Waals surface area contributed by atoms with E-state index in [0.29, 0.717) is 23.5 Å². The van der Waals surface area contributed by atoms with Crippen molar-refractivity contribution in [3.8, 4) is 5.75 Å². The van der Waals surface area contributed by atoms with E-state index in [2.05, 4.69) is 22.3 Å². The van der Waals surface area contributed by atoms with Crippen LogP contribution in [0.25, 0.3) is 0 Å². The third-order valence-corrected chi connectivity index (χ3v) is 2.95. The fourth-order valence-corrected chi connectivity index (χ4v) is 1.91. The number of hydrogen-bond acceptors (Lipinski definition) is 6. The Morgan fingerprint density at radius 1 is 1.40 bits per heavy atom. The van der Waals surface area contributed by atoms with Gasteiger partial charge in [0.05, 0.1) is 5.69 Å². The third-order valence-electron chi connectivity index (χ3n) is 2.95. The van der Waals surface area contributed by atoms with Crippen LogP contribution in [0.2, 0.25) is 0 Å². The van der Waals surface area contributed by atoms with E-state index >= 15 is 0 Å². The first-order valence-corrected chi connectivity index (χ1v) is 7.91. The molecule has 0 aliphatic heterocycles. The molecule has 0 saturated carbocycles. The molecule has 1 unspecified atom stereocenters. The van der Waals surface area contributed by atoms with Crippen molar-refractivity contribution in [3.63, 3.8) is 0 Å². The number of hydrogen-bond donors (Lipinski definition) is 2. The number of amides is 1. The topological polar surface area (TPSA) is 81.2 Å². The zero-order chi connectivity index (χ0) is 18.9. The first-order valence-electron chi connectivity index (χ1n) is 7.91. The minimum atomic E-state index is -0.557. The van der Waals surface area contributed by atoms with Crippen LogP contribution >= 0.6 is 0 Å². The van der Waals surface area contributed by atoms with Crippen LogP contribution in [-0.4, -0.2) is 38.9 Å². The Labute approximate surface area is 149 Å². The SMILES string of the molecule is C=N/C=C\CC(OC)Oc1ccc(NC(=O)OC(C)(C)C)cc1NC. The number of anilines is 2. The van der Waals surface area contributed by atoms with Crippen molar-refractivity contribution >= 4 is 24.2 Å². The lowest BCUT2D eigenvalue weighted by Gasteiger charge is -2.21. The number of ether oxygens (including phenoxy) is 3. The van der Waals surface area contributed by atoms with Gasteiger partial charge in [-0.15, -0.1) is 0 Å². The second-order valence-corrected chi connectivity index (χ2v) is 6.17. The van der Waals surface area contributed by atoms with E-state index in [4.69, 9.17) is 14.2 Å². The van der Waals surface area contributed by atoms with Crippen molar-refractivity contribution in [2.45, 2.75) is 39.1 Å². The van der Waals surface area contributed by atoms with Gasteiger partial charge in [0.1, 0.15) is 11.4 Å². The maximum atomic E-state index is 11.9. The van der Waals surface area contributed by atoms with Gasteiger partial charge in [-0.25, -0.2) is 4.79 Å². The molecular weight excluding hydrogens is 322 g/mol. The van der Waals surface area contributed by atoms with E-state index in [9.17, 15) is 4.79 Å². The number of rotatable bonds is 8. The van der Waals surface area contributed by atoms with E-state index in [1.807, 2.05) is 20.8 Å². The molecule has 1 aromatic rings. The van der Waals surface area contributed by atoms with Crippen molar-refractivity contribution in [1.82, 2.24) is 0 Å². The van der Waals surface area contributed by atoms with Gasteiger partial charge in [-0.2, -0.15) is 0 Å². The van der Waals surface area contributed by atoms with Crippen LogP contribution in [0.3, 0.4) is 0 Å². The lowest BCUT2D eigenvalue weighted by atomic mass is 10.2. The largest absolute Gasteiger partial charge is 0.462 e. The number of nitrogens with zero attached hydrogens (tertiary/aromatic N) is 1. The monoisotopic (exact) mass is 349 g/mol. The fraction of sp³-hybridized carbons (Fsp3) is 0.444. The van der Waals surface area contributed by atoms with Crippen LogP contribution in [0.4, 0.5) is 16.2 Å². The number of nitrogens with one attached hydrogen (secondary N) is 2. The number of aliphatic imine (C=N–C) groups is 1. The first kappa shape index (κ1) is 20.5. The van der Waals surface area contributed by atoms with Crippen molar-refractivity contribution < 1.29 is 19.0 Å². The summed E-state index contributed by atoms with van der Waals surface area (Å²) in [4.78, 5) is 15.5. The summed E-state index contributed by atoms with van der Waals surface area (Å²) in [6, 6.07) is 5.24. The Hall–Kier alpha value is -2.54. The van der Waals surface area contributed by atoms with Crippen LogP contribution in [0.5, 0.6) is 5.75 Å². The Balaban J connectivity index is 2.81. The highest BCUT2D eigenvalue weighted by atomic mass is 16.7. The molecule has 0 bridgehead atoms. The summed E-state index contributed by atoms with van der Waals surface area (Å²) in [6.07, 6.45) is 2.94. The highest BCUT2D eigenvalue weighted by molar-refractivity contribution is 5.86. The Morgan fingerprint density at radius 2 is 2.12 bits per heavy atom. The predicted octanol–water partition coefficient (Wildman–Crippen LogP) is 4.03. The smallest absolute Gasteiger partial charge is 0.412 e. The van der Waals surface area contributed by atoms with Gasteiger partial charge in [0.25, 0.3) is 0 Å². The molecule has 0 radical (unpaired) electrons. The molecule has 0 fully saturated rings. The van der Waals surface area contributed by atoms with E-state index in [0.717, 1.165) is 0 Å². The Kier molecular flexibility index (Phi) is 7.94. The highest BCUT2D eigenvalue weighted by Gasteiger charge is 2.17. The summed E-state index contributed by atoms with van der Waals surface area (Å²) >= 11 is 0. The summed E-state index contributed by atoms with van der Waals surface area (Å²) in [6.45, 7) is 8.80. The van der Waals surface area contributed by atoms with Crippen LogP contribution in [-0.2, 0) is 9.47 Å². The van der Waals surface area contributed by atoms with Gasteiger partial charge in [0.15, 0.2) is 0 Å². The molecule has 7 heteroatoms. The molecule has 0 spiro atoms. The number of methoxy groups -OCH3 is 1. The summed E-state index contributed by atoms with van der Waals surface area (Å²) < 4.78 is 16.4. The summed E-state index contributed by atoms with van der Waals surface area (Å²) in [5, 5.41) is 5.73. The molecule has 0 aromatic heterocycles. The van der Waals surface area contributed by atoms with Crippen LogP contribution < -0.4 is 15.4 Å². The zero-order valence-electron chi connectivity index (χ0n) is 15.5. The Bertz CT molecular complexity index is 609. The molecule has 7 nitrogen and oxygen atoms in total. The summed E-state index contributed by atoms with van der Waals surface area (Å²) in [7, 11) is 3.33. The minimum Gasteiger partial charge on any atom is -0.462 e. The van der Waals surface area contributed by atoms with E-state index in [-0.39, 0.29) is 0 Å². The highest BCUT2D eigenvalue weighted by Crippen LogP contribution is 2.29. The maximum absolute atomic E-state index is 11.9. The Morgan fingerprint density at radius 3 is 2.68 bits per heavy atom. The molecule has 25 heavy (non-hydrogen) atoms. The molecule has 1 amide bonds. The number of carbonyl (C=O) groups is 1. The maximum Gasteiger partial charge on any atom is 0.412 e. The van der Waals surface area contributed by atoms with Crippen molar-refractivity contribution in [1.29, 1.82) is 0 Å². The van der Waals surface area contributed by atoms with E-state index < -0.39 is 18.0 Å². The van der Waals surface area contributed by atoms with Gasteiger partial charge in [-0.3, -0.25) is 10.3 Å². The molecule has 138 valence electrons. The van der Waals surface area contributed by atoms with Gasteiger partial charge in [0, 0.05) is 32.5 Å². The quantitative estimate of drug-likeness (QED) is 0.547. The van der Waals surface area contributed by atoms with Gasteiger partial charge >= 0.3 is 6.09 Å². The van der Waals surface area contributed by atoms with Crippen LogP contribution in [0.1, 0.15) is 27.2 Å². The standard InChI is InChI=1S/C18H27N3O4/c1-18(2,3)25-17(22)21-13-9-10-15(14(12-13)20-5)24-16(23-6)8-7-11-19-4/h7,9-12,16,20H,4,8H2,1-3,5-6H3,(H,21,22)/b11-7-. The second kappa shape index (κ2) is 9.68. The summed E-state index contributed by atoms with van der Waals surface area (Å²) in [5.41, 5.74) is 0.746. The molecule has 0 heterocycles. The van der Waals surface area contributed by atoms with Gasteiger partial charge < -0.3 is 19.5 Å². The molecule has 0 aliphatic rings. The van der Waals surface area contributed by atoms with Gasteiger partial charge in [-0.05, 0) is 45.7 Å². The predicted molar refractivity (Wildman–Crippen MR) is 101 cm³/mol. The molecule has 1 rings (SSSR count). The normalized spacial score (nSPS) is 12.5. The van der Waals surface area contributed by atoms with Crippen molar-refractivity contribution in [2.75, 3.05) is 24.8 Å². The van der Waals surface area contributed by atoms with Crippen molar-refractivity contribution in [2.24, 2.45) is 4.99 Å².